The number of carboxylic acids is 2. The van der Waals surface area contributed by atoms with Crippen molar-refractivity contribution in [1.82, 2.24) is 4.90 Å². The number of carboxylic acid groups (broad SMARTS) is 2. The Morgan fingerprint density at radius 2 is 1.44 bits per heavy atom. The molecule has 2 rings (SSSR count). The molecule has 0 aliphatic carbocycles. The second kappa shape index (κ2) is 7.03. The first-order valence-corrected chi connectivity index (χ1v) is 7.54. The fraction of sp³-hybridized carbons (Fsp3) is 0.778. The van der Waals surface area contributed by atoms with E-state index in [1.54, 1.807) is 0 Å². The van der Waals surface area contributed by atoms with Crippen molar-refractivity contribution in [1.29, 1.82) is 0 Å². The predicted octanol–water partition coefficient (Wildman–Crippen LogP) is 1.00. The molecule has 2 heterocycles. The summed E-state index contributed by atoms with van der Waals surface area (Å²) in [5.41, 5.74) is 0. The highest BCUT2D eigenvalue weighted by Crippen LogP contribution is 2.34. The van der Waals surface area contributed by atoms with E-state index in [0.29, 0.717) is 0 Å². The monoisotopic (exact) mass is 265 g/mol. The molecule has 0 spiro atoms. The van der Waals surface area contributed by atoms with E-state index in [9.17, 15) is 0 Å². The van der Waals surface area contributed by atoms with Crippen LogP contribution in [0.5, 0.6) is 0 Å². The summed E-state index contributed by atoms with van der Waals surface area (Å²) in [5.74, 6) is -0.917. The fourth-order valence-corrected chi connectivity index (χ4v) is 4.45. The highest BCUT2D eigenvalue weighted by molar-refractivity contribution is 8.77. The van der Waals surface area contributed by atoms with Crippen LogP contribution in [0.25, 0.3) is 0 Å². The van der Waals surface area contributed by atoms with Gasteiger partial charge in [-0.25, -0.2) is 9.59 Å². The minimum atomic E-state index is -1.82. The second-order valence-corrected chi connectivity index (χ2v) is 6.13. The molecular formula is C9H15NO4S2. The molecule has 0 atom stereocenters. The van der Waals surface area contributed by atoms with Crippen molar-refractivity contribution < 1.29 is 19.8 Å². The Morgan fingerprint density at radius 1 is 1.00 bits per heavy atom. The average molecular weight is 265 g/mol. The van der Waals surface area contributed by atoms with Gasteiger partial charge in [-0.2, -0.15) is 0 Å². The van der Waals surface area contributed by atoms with Crippen molar-refractivity contribution >= 4 is 33.5 Å². The van der Waals surface area contributed by atoms with E-state index in [1.165, 1.54) is 37.4 Å². The molecule has 7 heteroatoms. The van der Waals surface area contributed by atoms with Crippen LogP contribution in [-0.4, -0.2) is 57.7 Å². The van der Waals surface area contributed by atoms with Crippen molar-refractivity contribution in [3.63, 3.8) is 0 Å². The van der Waals surface area contributed by atoms with Crippen LogP contribution in [-0.2, 0) is 9.59 Å². The molecule has 0 bridgehead atoms. The highest BCUT2D eigenvalue weighted by Gasteiger charge is 2.25. The molecule has 2 saturated heterocycles. The maximum Gasteiger partial charge on any atom is 0.414 e. The molecule has 0 unspecified atom stereocenters. The summed E-state index contributed by atoms with van der Waals surface area (Å²) in [6.07, 6.45) is 2.87. The van der Waals surface area contributed by atoms with Gasteiger partial charge in [-0.15, -0.1) is 0 Å². The quantitative estimate of drug-likeness (QED) is 0.541. The number of likely N-dealkylation sites (tertiary alicyclic amines) is 1. The third-order valence-electron chi connectivity index (χ3n) is 2.44. The van der Waals surface area contributed by atoms with E-state index in [-0.39, 0.29) is 0 Å². The number of aliphatic carboxylic acids is 2. The first-order chi connectivity index (χ1) is 7.61. The van der Waals surface area contributed by atoms with Gasteiger partial charge in [-0.1, -0.05) is 21.6 Å². The second-order valence-electron chi connectivity index (χ2n) is 3.58. The van der Waals surface area contributed by atoms with Crippen molar-refractivity contribution in [3.05, 3.63) is 0 Å². The maximum atomic E-state index is 9.10. The van der Waals surface area contributed by atoms with Crippen LogP contribution in [0.3, 0.4) is 0 Å². The predicted molar refractivity (Wildman–Crippen MR) is 64.8 cm³/mol. The van der Waals surface area contributed by atoms with Crippen LogP contribution < -0.4 is 0 Å². The summed E-state index contributed by atoms with van der Waals surface area (Å²) in [5, 5.41) is 14.8. The lowest BCUT2D eigenvalue weighted by Crippen LogP contribution is -2.34. The van der Waals surface area contributed by atoms with Gasteiger partial charge in [-0.05, 0) is 25.9 Å². The zero-order valence-electron chi connectivity index (χ0n) is 8.79. The van der Waals surface area contributed by atoms with E-state index in [0.717, 1.165) is 6.04 Å². The number of nitrogens with zero attached hydrogens (tertiary/aromatic N) is 1. The van der Waals surface area contributed by atoms with Crippen molar-refractivity contribution in [2.75, 3.05) is 24.6 Å². The minimum absolute atomic E-state index is 0.914. The van der Waals surface area contributed by atoms with Gasteiger partial charge in [0.05, 0.1) is 0 Å². The molecule has 0 amide bonds. The number of hydrogen-bond acceptors (Lipinski definition) is 5. The van der Waals surface area contributed by atoms with Crippen LogP contribution in [0.4, 0.5) is 0 Å². The van der Waals surface area contributed by atoms with E-state index in [4.69, 9.17) is 19.8 Å². The normalized spacial score (nSPS) is 21.5. The Labute approximate surface area is 102 Å². The van der Waals surface area contributed by atoms with Gasteiger partial charge >= 0.3 is 11.9 Å². The molecule has 2 aliphatic heterocycles. The summed E-state index contributed by atoms with van der Waals surface area (Å²) in [6.45, 7) is 2.73. The smallest absolute Gasteiger partial charge is 0.414 e. The van der Waals surface area contributed by atoms with E-state index in [1.807, 2.05) is 21.6 Å². The van der Waals surface area contributed by atoms with Gasteiger partial charge < -0.3 is 10.2 Å². The number of carbonyl (C=O) groups is 2. The molecule has 2 N–H and O–H groups in total. The topological polar surface area (TPSA) is 77.8 Å². The summed E-state index contributed by atoms with van der Waals surface area (Å²) >= 11 is 0. The SMILES string of the molecule is C1CCN(C2CSSC2)C1.O=C(O)C(=O)O. The molecule has 0 saturated carbocycles. The molecule has 0 aromatic carbocycles. The maximum absolute atomic E-state index is 9.10. The highest BCUT2D eigenvalue weighted by atomic mass is 33.1. The Hall–Kier alpha value is -0.400. The molecule has 92 valence electrons. The standard InChI is InChI=1S/C7H13NS2.C2H2O4/c1-2-4-8(3-1)7-5-9-10-6-7;3-1(4)2(5)6/h7H,1-6H2;(H,3,4)(H,5,6). The van der Waals surface area contributed by atoms with E-state index in [2.05, 4.69) is 4.90 Å². The van der Waals surface area contributed by atoms with E-state index < -0.39 is 11.9 Å². The van der Waals surface area contributed by atoms with Gasteiger partial charge in [0.25, 0.3) is 0 Å². The largest absolute Gasteiger partial charge is 0.473 e. The number of rotatable bonds is 1. The Bertz CT molecular complexity index is 224. The molecule has 5 nitrogen and oxygen atoms in total. The lowest BCUT2D eigenvalue weighted by molar-refractivity contribution is -0.159. The first-order valence-electron chi connectivity index (χ1n) is 5.06. The molecule has 16 heavy (non-hydrogen) atoms. The molecular weight excluding hydrogens is 250 g/mol. The van der Waals surface area contributed by atoms with Crippen molar-refractivity contribution in [3.8, 4) is 0 Å². The Kier molecular flexibility index (Phi) is 6.00. The average Bonchev–Trinajstić information content (AvgIpc) is 2.91. The van der Waals surface area contributed by atoms with Crippen LogP contribution in [0.15, 0.2) is 0 Å². The third-order valence-corrected chi connectivity index (χ3v) is 4.97. The van der Waals surface area contributed by atoms with Crippen LogP contribution in [0, 0.1) is 0 Å². The van der Waals surface area contributed by atoms with Crippen LogP contribution >= 0.6 is 21.6 Å². The lowest BCUT2D eigenvalue weighted by Gasteiger charge is -2.20. The first kappa shape index (κ1) is 13.7. The molecule has 0 aromatic heterocycles. The van der Waals surface area contributed by atoms with Gasteiger partial charge in [0.1, 0.15) is 0 Å². The van der Waals surface area contributed by atoms with Crippen LogP contribution in [0.1, 0.15) is 12.8 Å². The van der Waals surface area contributed by atoms with Gasteiger partial charge in [0.2, 0.25) is 0 Å². The molecule has 0 aromatic rings. The zero-order valence-corrected chi connectivity index (χ0v) is 10.4. The summed E-state index contributed by atoms with van der Waals surface area (Å²) in [6, 6.07) is 0.914. The molecule has 2 fully saturated rings. The van der Waals surface area contributed by atoms with Crippen LogP contribution in [0.2, 0.25) is 0 Å². The minimum Gasteiger partial charge on any atom is -0.473 e. The summed E-state index contributed by atoms with van der Waals surface area (Å²) in [4.78, 5) is 20.9. The lowest BCUT2D eigenvalue weighted by atomic mass is 10.3. The summed E-state index contributed by atoms with van der Waals surface area (Å²) in [7, 11) is 4.09. The molecule has 0 radical (unpaired) electrons. The van der Waals surface area contributed by atoms with Crippen molar-refractivity contribution in [2.24, 2.45) is 0 Å². The molecule has 2 aliphatic rings. The number of hydrogen-bond donors (Lipinski definition) is 2. The van der Waals surface area contributed by atoms with Gasteiger partial charge in [0.15, 0.2) is 0 Å². The zero-order chi connectivity index (χ0) is 12.0. The van der Waals surface area contributed by atoms with Crippen molar-refractivity contribution in [2.45, 2.75) is 18.9 Å². The Balaban J connectivity index is 0.000000187. The fourth-order valence-electron chi connectivity index (χ4n) is 1.62. The third kappa shape index (κ3) is 4.63. The van der Waals surface area contributed by atoms with E-state index >= 15 is 0 Å². The van der Waals surface area contributed by atoms with Gasteiger partial charge in [0, 0.05) is 17.5 Å². The summed E-state index contributed by atoms with van der Waals surface area (Å²) < 4.78 is 0. The van der Waals surface area contributed by atoms with Gasteiger partial charge in [-0.3, -0.25) is 4.90 Å². The Morgan fingerprint density at radius 3 is 1.81 bits per heavy atom.